The number of benzene rings is 1. The van der Waals surface area contributed by atoms with Gasteiger partial charge in [0.25, 0.3) is 0 Å². The maximum Gasteiger partial charge on any atom is 0.416 e. The summed E-state index contributed by atoms with van der Waals surface area (Å²) in [6.07, 6.45) is -4.49. The maximum atomic E-state index is 12.7. The molecule has 0 unspecified atom stereocenters. The number of halogens is 4. The summed E-state index contributed by atoms with van der Waals surface area (Å²) in [5.41, 5.74) is -0.573. The van der Waals surface area contributed by atoms with Gasteiger partial charge >= 0.3 is 12.1 Å². The average Bonchev–Trinajstić information content (AvgIpc) is 2.72. The fourth-order valence-electron chi connectivity index (χ4n) is 1.56. The molecule has 112 valence electrons. The van der Waals surface area contributed by atoms with Crippen molar-refractivity contribution >= 4 is 39.7 Å². The summed E-state index contributed by atoms with van der Waals surface area (Å²) in [4.78, 5) is 14.9. The molecule has 21 heavy (non-hydrogen) atoms. The number of aromatic carboxylic acids is 1. The third-order valence-electron chi connectivity index (χ3n) is 2.53. The monoisotopic (exact) mass is 336 g/mol. The van der Waals surface area contributed by atoms with Crippen molar-refractivity contribution < 1.29 is 23.1 Å². The number of carboxylic acids is 1. The molecule has 0 aliphatic heterocycles. The number of nitrogens with zero attached hydrogens (tertiary/aromatic N) is 1. The highest BCUT2D eigenvalue weighted by atomic mass is 35.5. The molecule has 1 aromatic heterocycles. The van der Waals surface area contributed by atoms with Crippen LogP contribution < -0.4 is 5.32 Å². The molecular weight excluding hydrogens is 329 g/mol. The lowest BCUT2D eigenvalue weighted by molar-refractivity contribution is -0.137. The number of nitrogens with one attached hydrogen (secondary N) is 1. The predicted molar refractivity (Wildman–Crippen MR) is 73.5 cm³/mol. The van der Waals surface area contributed by atoms with Crippen LogP contribution in [-0.4, -0.2) is 16.1 Å². The highest BCUT2D eigenvalue weighted by Gasteiger charge is 2.31. The van der Waals surface area contributed by atoms with E-state index in [4.69, 9.17) is 16.7 Å². The van der Waals surface area contributed by atoms with Gasteiger partial charge in [0.05, 0.1) is 22.0 Å². The summed E-state index contributed by atoms with van der Waals surface area (Å²) < 4.78 is 38.0. The van der Waals surface area contributed by atoms with Crippen LogP contribution in [0.15, 0.2) is 18.2 Å². The Balaban J connectivity index is 2.35. The Kier molecular flexibility index (Phi) is 4.11. The van der Waals surface area contributed by atoms with Crippen LogP contribution in [-0.2, 0) is 6.18 Å². The number of hydrogen-bond acceptors (Lipinski definition) is 4. The number of aryl methyl sites for hydroxylation is 1. The summed E-state index contributed by atoms with van der Waals surface area (Å²) in [7, 11) is 0. The fourth-order valence-corrected chi connectivity index (χ4v) is 2.54. The summed E-state index contributed by atoms with van der Waals surface area (Å²) in [5.74, 6) is -1.15. The predicted octanol–water partition coefficient (Wildman–Crippen LogP) is 4.57. The molecule has 2 rings (SSSR count). The van der Waals surface area contributed by atoms with Gasteiger partial charge in [-0.1, -0.05) is 22.9 Å². The van der Waals surface area contributed by atoms with Gasteiger partial charge in [-0.2, -0.15) is 13.2 Å². The van der Waals surface area contributed by atoms with Gasteiger partial charge < -0.3 is 10.4 Å². The van der Waals surface area contributed by atoms with Gasteiger partial charge in [0.2, 0.25) is 0 Å². The number of carboxylic acid groups (broad SMARTS) is 1. The number of rotatable bonds is 3. The van der Waals surface area contributed by atoms with E-state index in [0.29, 0.717) is 0 Å². The van der Waals surface area contributed by atoms with E-state index in [0.717, 1.165) is 29.5 Å². The molecule has 1 heterocycles. The zero-order valence-corrected chi connectivity index (χ0v) is 12.0. The quantitative estimate of drug-likeness (QED) is 0.862. The first-order chi connectivity index (χ1) is 9.68. The molecule has 0 saturated heterocycles. The molecule has 0 radical (unpaired) electrons. The van der Waals surface area contributed by atoms with Crippen molar-refractivity contribution in [3.8, 4) is 0 Å². The zero-order valence-electron chi connectivity index (χ0n) is 10.5. The molecule has 4 nitrogen and oxygen atoms in total. The standard InChI is InChI=1S/C12H8ClF3N2O2S/c1-5-9(10(19)20)21-11(17-5)18-8-4-6(12(14,15)16)2-3-7(8)13/h2-4H,1H3,(H,17,18)(H,19,20). The first kappa shape index (κ1) is 15.6. The number of alkyl halides is 3. The van der Waals surface area contributed by atoms with Crippen LogP contribution in [0.3, 0.4) is 0 Å². The van der Waals surface area contributed by atoms with Gasteiger partial charge in [0, 0.05) is 0 Å². The number of anilines is 2. The number of carbonyl (C=O) groups is 1. The van der Waals surface area contributed by atoms with Crippen molar-refractivity contribution in [3.05, 3.63) is 39.4 Å². The Morgan fingerprint density at radius 2 is 2.10 bits per heavy atom. The molecule has 0 aliphatic rings. The molecule has 0 aliphatic carbocycles. The minimum Gasteiger partial charge on any atom is -0.477 e. The van der Waals surface area contributed by atoms with E-state index < -0.39 is 17.7 Å². The second-order valence-corrected chi connectivity index (χ2v) is 5.46. The topological polar surface area (TPSA) is 62.2 Å². The maximum absolute atomic E-state index is 12.7. The van der Waals surface area contributed by atoms with Crippen LogP contribution >= 0.6 is 22.9 Å². The highest BCUT2D eigenvalue weighted by Crippen LogP contribution is 2.35. The first-order valence-electron chi connectivity index (χ1n) is 5.53. The largest absolute Gasteiger partial charge is 0.477 e. The van der Waals surface area contributed by atoms with Crippen molar-refractivity contribution in [1.82, 2.24) is 4.98 Å². The second kappa shape index (κ2) is 5.53. The minimum absolute atomic E-state index is 0.0113. The SMILES string of the molecule is Cc1nc(Nc2cc(C(F)(F)F)ccc2Cl)sc1C(=O)O. The van der Waals surface area contributed by atoms with Crippen molar-refractivity contribution in [2.45, 2.75) is 13.1 Å². The van der Waals surface area contributed by atoms with Crippen molar-refractivity contribution in [1.29, 1.82) is 0 Å². The van der Waals surface area contributed by atoms with Gasteiger partial charge in [-0.3, -0.25) is 0 Å². The van der Waals surface area contributed by atoms with E-state index in [1.54, 1.807) is 0 Å². The highest BCUT2D eigenvalue weighted by molar-refractivity contribution is 7.17. The molecular formula is C12H8ClF3N2O2S. The normalized spacial score (nSPS) is 11.5. The van der Waals surface area contributed by atoms with Crippen molar-refractivity contribution in [2.75, 3.05) is 5.32 Å². The minimum atomic E-state index is -4.49. The third kappa shape index (κ3) is 3.45. The molecule has 0 fully saturated rings. The zero-order chi connectivity index (χ0) is 15.8. The summed E-state index contributed by atoms with van der Waals surface area (Å²) >= 11 is 6.66. The van der Waals surface area contributed by atoms with Gasteiger partial charge in [0.1, 0.15) is 4.88 Å². The van der Waals surface area contributed by atoms with Crippen LogP contribution in [0.1, 0.15) is 20.9 Å². The van der Waals surface area contributed by atoms with Crippen LogP contribution in [0.4, 0.5) is 24.0 Å². The molecule has 0 atom stereocenters. The number of aromatic nitrogens is 1. The molecule has 0 spiro atoms. The van der Waals surface area contributed by atoms with Crippen LogP contribution in [0.2, 0.25) is 5.02 Å². The third-order valence-corrected chi connectivity index (χ3v) is 3.92. The van der Waals surface area contributed by atoms with E-state index in [1.807, 2.05) is 0 Å². The Bertz CT molecular complexity index is 700. The molecule has 0 amide bonds. The summed E-state index contributed by atoms with van der Waals surface area (Å²) in [6, 6.07) is 2.83. The lowest BCUT2D eigenvalue weighted by atomic mass is 10.2. The van der Waals surface area contributed by atoms with E-state index in [-0.39, 0.29) is 26.4 Å². The summed E-state index contributed by atoms with van der Waals surface area (Å²) in [6.45, 7) is 1.50. The van der Waals surface area contributed by atoms with E-state index >= 15 is 0 Å². The van der Waals surface area contributed by atoms with E-state index in [1.165, 1.54) is 6.92 Å². The molecule has 2 N–H and O–H groups in total. The van der Waals surface area contributed by atoms with Gasteiger partial charge in [-0.15, -0.1) is 0 Å². The molecule has 1 aromatic carbocycles. The lowest BCUT2D eigenvalue weighted by Crippen LogP contribution is -2.05. The first-order valence-corrected chi connectivity index (χ1v) is 6.72. The van der Waals surface area contributed by atoms with Crippen LogP contribution in [0.25, 0.3) is 0 Å². The Morgan fingerprint density at radius 1 is 1.43 bits per heavy atom. The number of thiazole rings is 1. The van der Waals surface area contributed by atoms with Crippen LogP contribution in [0, 0.1) is 6.92 Å². The Labute approximate surface area is 126 Å². The number of hydrogen-bond donors (Lipinski definition) is 2. The molecule has 0 bridgehead atoms. The molecule has 0 saturated carbocycles. The smallest absolute Gasteiger partial charge is 0.416 e. The average molecular weight is 337 g/mol. The van der Waals surface area contributed by atoms with E-state index in [2.05, 4.69) is 10.3 Å². The van der Waals surface area contributed by atoms with Crippen molar-refractivity contribution in [3.63, 3.8) is 0 Å². The second-order valence-electron chi connectivity index (χ2n) is 4.06. The summed E-state index contributed by atoms with van der Waals surface area (Å²) in [5, 5.41) is 11.8. The Hall–Kier alpha value is -1.80. The molecule has 9 heteroatoms. The van der Waals surface area contributed by atoms with Gasteiger partial charge in [-0.25, -0.2) is 9.78 Å². The van der Waals surface area contributed by atoms with Gasteiger partial charge in [-0.05, 0) is 25.1 Å². The lowest BCUT2D eigenvalue weighted by Gasteiger charge is -2.10. The Morgan fingerprint density at radius 3 is 2.62 bits per heavy atom. The van der Waals surface area contributed by atoms with Gasteiger partial charge in [0.15, 0.2) is 5.13 Å². The van der Waals surface area contributed by atoms with Crippen molar-refractivity contribution in [2.24, 2.45) is 0 Å². The molecule has 2 aromatic rings. The van der Waals surface area contributed by atoms with E-state index in [9.17, 15) is 18.0 Å². The van der Waals surface area contributed by atoms with Crippen LogP contribution in [0.5, 0.6) is 0 Å². The fraction of sp³-hybridized carbons (Fsp3) is 0.167.